The Morgan fingerprint density at radius 3 is 1.47 bits per heavy atom. The Kier molecular flexibility index (Phi) is 3.43. The number of hydrogen-bond acceptors (Lipinski definition) is 0. The molecule has 84 valence electrons. The Bertz CT molecular complexity index is 335. The molecule has 0 unspecified atom stereocenters. The standard InChI is InChI=1S/C8H3Cl3F4/c9-6-4(7(10,12)13)2-1-3-5(6)8(11,14)15/h1-3H. The highest BCUT2D eigenvalue weighted by Crippen LogP contribution is 2.43. The maximum atomic E-state index is 12.7. The van der Waals surface area contributed by atoms with E-state index in [1.54, 1.807) is 0 Å². The highest BCUT2D eigenvalue weighted by molar-refractivity contribution is 6.35. The second-order valence-electron chi connectivity index (χ2n) is 2.66. The topological polar surface area (TPSA) is 0 Å². The van der Waals surface area contributed by atoms with Gasteiger partial charge in [0.2, 0.25) is 0 Å². The van der Waals surface area contributed by atoms with E-state index in [1.165, 1.54) is 0 Å². The van der Waals surface area contributed by atoms with Crippen LogP contribution in [0.4, 0.5) is 17.6 Å². The van der Waals surface area contributed by atoms with Crippen LogP contribution in [0.3, 0.4) is 0 Å². The highest BCUT2D eigenvalue weighted by Gasteiger charge is 2.37. The summed E-state index contributed by atoms with van der Waals surface area (Å²) in [5, 5.41) is -8.46. The summed E-state index contributed by atoms with van der Waals surface area (Å²) in [6, 6.07) is 2.67. The molecule has 0 fully saturated rings. The van der Waals surface area contributed by atoms with Crippen LogP contribution < -0.4 is 0 Å². The normalized spacial score (nSPS) is 13.0. The van der Waals surface area contributed by atoms with E-state index in [2.05, 4.69) is 23.2 Å². The van der Waals surface area contributed by atoms with Crippen molar-refractivity contribution in [2.45, 2.75) is 10.8 Å². The molecule has 0 aliphatic carbocycles. The van der Waals surface area contributed by atoms with Gasteiger partial charge in [-0.05, 0) is 23.2 Å². The summed E-state index contributed by atoms with van der Waals surface area (Å²) in [7, 11) is 0. The molecular weight excluding hydrogens is 278 g/mol. The van der Waals surface area contributed by atoms with Crippen LogP contribution in [0.25, 0.3) is 0 Å². The zero-order valence-corrected chi connectivity index (χ0v) is 9.15. The van der Waals surface area contributed by atoms with Gasteiger partial charge in [-0.25, -0.2) is 0 Å². The third-order valence-corrected chi connectivity index (χ3v) is 2.42. The lowest BCUT2D eigenvalue weighted by Crippen LogP contribution is -2.10. The van der Waals surface area contributed by atoms with Crippen LogP contribution in [0.5, 0.6) is 0 Å². The average molecular weight is 281 g/mol. The van der Waals surface area contributed by atoms with Crippen molar-refractivity contribution in [3.63, 3.8) is 0 Å². The molecule has 1 rings (SSSR count). The Morgan fingerprint density at radius 1 is 0.867 bits per heavy atom. The van der Waals surface area contributed by atoms with Crippen molar-refractivity contribution in [3.8, 4) is 0 Å². The van der Waals surface area contributed by atoms with Crippen molar-refractivity contribution in [1.29, 1.82) is 0 Å². The fourth-order valence-electron chi connectivity index (χ4n) is 0.970. The fraction of sp³-hybridized carbons (Fsp3) is 0.250. The van der Waals surface area contributed by atoms with E-state index in [0.29, 0.717) is 0 Å². The first kappa shape index (κ1) is 12.9. The molecule has 0 N–H and O–H groups in total. The van der Waals surface area contributed by atoms with Crippen LogP contribution in [0.15, 0.2) is 18.2 Å². The van der Waals surface area contributed by atoms with Crippen LogP contribution in [-0.4, -0.2) is 0 Å². The summed E-state index contributed by atoms with van der Waals surface area (Å²) in [4.78, 5) is 0. The van der Waals surface area contributed by atoms with Gasteiger partial charge < -0.3 is 0 Å². The van der Waals surface area contributed by atoms with Gasteiger partial charge in [0, 0.05) is 0 Å². The number of rotatable bonds is 2. The van der Waals surface area contributed by atoms with E-state index in [-0.39, 0.29) is 0 Å². The average Bonchev–Trinajstić information content (AvgIpc) is 1.99. The molecule has 0 spiro atoms. The predicted molar refractivity (Wildman–Crippen MR) is 50.9 cm³/mol. The van der Waals surface area contributed by atoms with E-state index in [1.807, 2.05) is 0 Å². The van der Waals surface area contributed by atoms with Gasteiger partial charge in [0.05, 0.1) is 16.1 Å². The smallest absolute Gasteiger partial charge is 0.183 e. The summed E-state index contributed by atoms with van der Waals surface area (Å²) >= 11 is 14.7. The molecule has 0 radical (unpaired) electrons. The molecule has 0 amide bonds. The third-order valence-electron chi connectivity index (χ3n) is 1.61. The zero-order valence-electron chi connectivity index (χ0n) is 6.88. The predicted octanol–water partition coefficient (Wildman–Crippen LogP) is 4.92. The Balaban J connectivity index is 3.37. The van der Waals surface area contributed by atoms with Crippen LogP contribution in [-0.2, 0) is 10.8 Å². The highest BCUT2D eigenvalue weighted by atomic mass is 35.5. The van der Waals surface area contributed by atoms with Gasteiger partial charge >= 0.3 is 10.8 Å². The van der Waals surface area contributed by atoms with Gasteiger partial charge in [-0.1, -0.05) is 29.8 Å². The van der Waals surface area contributed by atoms with Crippen LogP contribution in [0.2, 0.25) is 5.02 Å². The second kappa shape index (κ2) is 4.00. The van der Waals surface area contributed by atoms with E-state index < -0.39 is 26.9 Å². The molecule has 15 heavy (non-hydrogen) atoms. The lowest BCUT2D eigenvalue weighted by atomic mass is 10.1. The van der Waals surface area contributed by atoms with Crippen molar-refractivity contribution in [2.75, 3.05) is 0 Å². The minimum Gasteiger partial charge on any atom is -0.183 e. The van der Waals surface area contributed by atoms with Crippen molar-refractivity contribution in [3.05, 3.63) is 34.3 Å². The number of halogens is 7. The first-order valence-corrected chi connectivity index (χ1v) is 4.70. The molecular formula is C8H3Cl3F4. The minimum atomic E-state index is -3.81. The Morgan fingerprint density at radius 2 is 1.20 bits per heavy atom. The minimum absolute atomic E-state index is 0.836. The van der Waals surface area contributed by atoms with E-state index in [0.717, 1.165) is 18.2 Å². The molecule has 7 heteroatoms. The summed E-state index contributed by atoms with van der Waals surface area (Å²) < 4.78 is 50.7. The van der Waals surface area contributed by atoms with Gasteiger partial charge in [-0.3, -0.25) is 0 Å². The van der Waals surface area contributed by atoms with Gasteiger partial charge in [0.15, 0.2) is 0 Å². The first-order chi connectivity index (χ1) is 6.64. The van der Waals surface area contributed by atoms with Gasteiger partial charge in [-0.15, -0.1) is 0 Å². The Hall–Kier alpha value is -0.190. The largest absolute Gasteiger partial charge is 0.349 e. The van der Waals surface area contributed by atoms with Gasteiger partial charge in [-0.2, -0.15) is 17.6 Å². The first-order valence-electron chi connectivity index (χ1n) is 3.57. The molecule has 0 aliphatic rings. The second-order valence-corrected chi connectivity index (χ2v) is 3.99. The molecule has 0 heterocycles. The van der Waals surface area contributed by atoms with E-state index in [9.17, 15) is 17.6 Å². The molecule has 0 aromatic heterocycles. The Labute approximate surface area is 97.7 Å². The number of hydrogen-bond donors (Lipinski definition) is 0. The molecule has 0 aliphatic heterocycles. The summed E-state index contributed by atoms with van der Waals surface area (Å²) in [6.45, 7) is 0. The maximum Gasteiger partial charge on any atom is 0.349 e. The lowest BCUT2D eigenvalue weighted by molar-refractivity contribution is 0.0881. The summed E-state index contributed by atoms with van der Waals surface area (Å²) in [5.41, 5.74) is -1.80. The monoisotopic (exact) mass is 280 g/mol. The van der Waals surface area contributed by atoms with Crippen LogP contribution in [0, 0.1) is 0 Å². The van der Waals surface area contributed by atoms with Gasteiger partial charge in [0.1, 0.15) is 0 Å². The molecule has 0 atom stereocenters. The van der Waals surface area contributed by atoms with Crippen LogP contribution in [0.1, 0.15) is 11.1 Å². The quantitative estimate of drug-likeness (QED) is 0.533. The number of benzene rings is 1. The van der Waals surface area contributed by atoms with Crippen molar-refractivity contribution < 1.29 is 17.6 Å². The fourth-order valence-corrected chi connectivity index (χ4v) is 1.74. The zero-order chi connectivity index (χ0) is 11.9. The molecule has 0 bridgehead atoms. The van der Waals surface area contributed by atoms with E-state index >= 15 is 0 Å². The van der Waals surface area contributed by atoms with Gasteiger partial charge in [0.25, 0.3) is 0 Å². The molecule has 0 saturated carbocycles. The molecule has 1 aromatic rings. The summed E-state index contributed by atoms with van der Waals surface area (Å²) in [6.07, 6.45) is 0. The van der Waals surface area contributed by atoms with Crippen LogP contribution >= 0.6 is 34.8 Å². The molecule has 1 aromatic carbocycles. The van der Waals surface area contributed by atoms with E-state index in [4.69, 9.17) is 11.6 Å². The van der Waals surface area contributed by atoms with Crippen molar-refractivity contribution >= 4 is 34.8 Å². The lowest BCUT2D eigenvalue weighted by Gasteiger charge is -2.15. The third kappa shape index (κ3) is 2.89. The van der Waals surface area contributed by atoms with Crippen molar-refractivity contribution in [2.24, 2.45) is 0 Å². The molecule has 0 saturated heterocycles. The molecule has 0 nitrogen and oxygen atoms in total. The summed E-state index contributed by atoms with van der Waals surface area (Å²) in [5.74, 6) is 0. The maximum absolute atomic E-state index is 12.7. The SMILES string of the molecule is FC(F)(Cl)c1cccc(C(F)(F)Cl)c1Cl. The van der Waals surface area contributed by atoms with Crippen molar-refractivity contribution in [1.82, 2.24) is 0 Å². The number of alkyl halides is 6.